The summed E-state index contributed by atoms with van der Waals surface area (Å²) in [6.07, 6.45) is 2.75. The third-order valence-electron chi connectivity index (χ3n) is 5.83. The van der Waals surface area contributed by atoms with Gasteiger partial charge in [0.2, 0.25) is 0 Å². The molecule has 6 aliphatic heterocycles. The zero-order valence-corrected chi connectivity index (χ0v) is 10.5. The van der Waals surface area contributed by atoms with Crippen LogP contribution < -0.4 is 0 Å². The van der Waals surface area contributed by atoms with Crippen LogP contribution in [-0.4, -0.2) is 61.4 Å². The first kappa shape index (κ1) is 10.5. The van der Waals surface area contributed by atoms with Crippen molar-refractivity contribution in [2.24, 2.45) is 0 Å². The molecule has 104 valence electrons. The van der Waals surface area contributed by atoms with Gasteiger partial charge in [-0.1, -0.05) is 0 Å². The number of hydrogen-bond acceptors (Lipinski definition) is 6. The average molecular weight is 268 g/mol. The van der Waals surface area contributed by atoms with Crippen molar-refractivity contribution in [3.8, 4) is 0 Å². The molecule has 6 heterocycles. The topological polar surface area (TPSA) is 58.7 Å². The van der Waals surface area contributed by atoms with Crippen molar-refractivity contribution in [1.82, 2.24) is 0 Å². The van der Waals surface area contributed by atoms with Crippen molar-refractivity contribution in [2.75, 3.05) is 19.8 Å². The van der Waals surface area contributed by atoms with Gasteiger partial charge in [-0.3, -0.25) is 0 Å². The molecule has 1 aliphatic carbocycles. The van der Waals surface area contributed by atoms with Crippen molar-refractivity contribution < 1.29 is 28.4 Å². The molecule has 7 rings (SSSR count). The lowest BCUT2D eigenvalue weighted by Gasteiger charge is -2.69. The zero-order valence-electron chi connectivity index (χ0n) is 10.5. The molecule has 0 radical (unpaired) electrons. The molecule has 4 bridgehead atoms. The van der Waals surface area contributed by atoms with Crippen LogP contribution in [0.1, 0.15) is 19.3 Å². The molecule has 3 spiro atoms. The summed E-state index contributed by atoms with van der Waals surface area (Å²) in [4.78, 5) is 0. The van der Waals surface area contributed by atoms with Gasteiger partial charge in [-0.15, -0.1) is 0 Å². The third kappa shape index (κ3) is 0.906. The molecule has 0 amide bonds. The number of rotatable bonds is 0. The van der Waals surface area contributed by atoms with E-state index in [1.165, 1.54) is 0 Å². The second kappa shape index (κ2) is 2.86. The van der Waals surface area contributed by atoms with Crippen LogP contribution >= 0.6 is 0 Å². The molecular weight excluding hydrogens is 252 g/mol. The van der Waals surface area contributed by atoms with E-state index in [0.29, 0.717) is 6.61 Å². The van der Waals surface area contributed by atoms with E-state index >= 15 is 0 Å². The summed E-state index contributed by atoms with van der Waals surface area (Å²) in [7, 11) is 0. The molecule has 1 saturated carbocycles. The molecule has 7 atom stereocenters. The van der Waals surface area contributed by atoms with E-state index in [0.717, 1.165) is 32.5 Å². The largest absolute Gasteiger partial charge is 0.369 e. The highest BCUT2D eigenvalue weighted by Crippen LogP contribution is 2.65. The van der Waals surface area contributed by atoms with Gasteiger partial charge in [0.25, 0.3) is 6.48 Å². The minimum absolute atomic E-state index is 0.0638. The first-order chi connectivity index (χ1) is 9.30. The molecular formula is C13H16O6. The Morgan fingerprint density at radius 1 is 0.684 bits per heavy atom. The quantitative estimate of drug-likeness (QED) is 0.574. The van der Waals surface area contributed by atoms with Gasteiger partial charge < -0.3 is 28.4 Å². The molecule has 19 heavy (non-hydrogen) atoms. The maximum absolute atomic E-state index is 6.16. The first-order valence-electron chi connectivity index (χ1n) is 7.19. The lowest BCUT2D eigenvalue weighted by molar-refractivity contribution is -0.530. The SMILES string of the molecule is C1CO[C@]2(C1)[C@H]1OC3O[C@H]([C@]14CCO4)[C@@]1(CO1)[C@H]2O3. The highest BCUT2D eigenvalue weighted by molar-refractivity contribution is 5.32. The smallest absolute Gasteiger partial charge is 0.273 e. The summed E-state index contributed by atoms with van der Waals surface area (Å²) in [6, 6.07) is 0. The van der Waals surface area contributed by atoms with Crippen molar-refractivity contribution in [1.29, 1.82) is 0 Å². The van der Waals surface area contributed by atoms with Crippen molar-refractivity contribution in [3.05, 3.63) is 0 Å². The van der Waals surface area contributed by atoms with Gasteiger partial charge in [0.1, 0.15) is 35.1 Å². The van der Waals surface area contributed by atoms with E-state index in [1.807, 2.05) is 0 Å². The molecule has 6 heteroatoms. The van der Waals surface area contributed by atoms with E-state index in [9.17, 15) is 0 Å². The number of ether oxygens (including phenoxy) is 6. The number of epoxide rings is 1. The molecule has 7 fully saturated rings. The Balaban J connectivity index is 1.57. The summed E-state index contributed by atoms with van der Waals surface area (Å²) >= 11 is 0. The Hall–Kier alpha value is -0.240. The van der Waals surface area contributed by atoms with Crippen LogP contribution in [0.5, 0.6) is 0 Å². The maximum Gasteiger partial charge on any atom is 0.273 e. The predicted molar refractivity (Wildman–Crippen MR) is 58.3 cm³/mol. The van der Waals surface area contributed by atoms with Crippen molar-refractivity contribution in [3.63, 3.8) is 0 Å². The lowest BCUT2D eigenvalue weighted by atomic mass is 9.59. The standard InChI is InChI=1S/C13H16O6/c1-2-11(14-4-1)7-12(3-5-15-12)9-13(6-16-13)8(11)18-10(17-7)19-9/h7-10H,1-6H2/t7-,8+,9-,10?,11-,12+,13-/m1/s1. The fourth-order valence-electron chi connectivity index (χ4n) is 5.01. The average Bonchev–Trinajstić information content (AvgIpc) is 3.00. The molecule has 6 nitrogen and oxygen atoms in total. The summed E-state index contributed by atoms with van der Waals surface area (Å²) in [5.74, 6) is 0. The molecule has 6 saturated heterocycles. The second-order valence-electron chi connectivity index (χ2n) is 6.54. The van der Waals surface area contributed by atoms with E-state index in [2.05, 4.69) is 0 Å². The van der Waals surface area contributed by atoms with Gasteiger partial charge in [0.05, 0.1) is 13.2 Å². The third-order valence-corrected chi connectivity index (χ3v) is 5.83. The van der Waals surface area contributed by atoms with Crippen LogP contribution in [0.3, 0.4) is 0 Å². The van der Waals surface area contributed by atoms with Crippen molar-refractivity contribution >= 4 is 0 Å². The Morgan fingerprint density at radius 2 is 1.26 bits per heavy atom. The Kier molecular flexibility index (Phi) is 1.58. The van der Waals surface area contributed by atoms with Crippen LogP contribution in [0.15, 0.2) is 0 Å². The van der Waals surface area contributed by atoms with Crippen LogP contribution in [0.4, 0.5) is 0 Å². The van der Waals surface area contributed by atoms with Gasteiger partial charge in [0.15, 0.2) is 0 Å². The second-order valence-corrected chi connectivity index (χ2v) is 6.54. The van der Waals surface area contributed by atoms with E-state index in [-0.39, 0.29) is 29.5 Å². The maximum atomic E-state index is 6.16. The Labute approximate surface area is 110 Å². The van der Waals surface area contributed by atoms with Gasteiger partial charge in [-0.2, -0.15) is 0 Å². The van der Waals surface area contributed by atoms with Gasteiger partial charge in [-0.05, 0) is 12.8 Å². The Bertz CT molecular complexity index is 450. The highest BCUT2D eigenvalue weighted by Gasteiger charge is 2.86. The van der Waals surface area contributed by atoms with Gasteiger partial charge in [0, 0.05) is 13.0 Å². The molecule has 7 aliphatic rings. The van der Waals surface area contributed by atoms with Crippen LogP contribution in [-0.2, 0) is 28.4 Å². The summed E-state index contributed by atoms with van der Waals surface area (Å²) in [5.41, 5.74) is -1.13. The summed E-state index contributed by atoms with van der Waals surface area (Å²) < 4.78 is 35.8. The lowest BCUT2D eigenvalue weighted by Crippen LogP contribution is -2.88. The molecule has 0 aromatic carbocycles. The zero-order chi connectivity index (χ0) is 12.3. The van der Waals surface area contributed by atoms with Crippen molar-refractivity contribution in [2.45, 2.75) is 60.9 Å². The molecule has 0 N–H and O–H groups in total. The van der Waals surface area contributed by atoms with E-state index in [4.69, 9.17) is 28.4 Å². The predicted octanol–water partition coefficient (Wildman–Crippen LogP) is -0.0563. The van der Waals surface area contributed by atoms with E-state index in [1.54, 1.807) is 0 Å². The minimum Gasteiger partial charge on any atom is -0.369 e. The summed E-state index contributed by atoms with van der Waals surface area (Å²) in [5, 5.41) is 0. The van der Waals surface area contributed by atoms with Gasteiger partial charge in [-0.25, -0.2) is 0 Å². The fraction of sp³-hybridized carbons (Fsp3) is 1.00. The molecule has 0 aromatic heterocycles. The normalized spacial score (nSPS) is 68.2. The minimum atomic E-state index is -0.570. The number of hydrogen-bond donors (Lipinski definition) is 0. The Morgan fingerprint density at radius 3 is 1.74 bits per heavy atom. The van der Waals surface area contributed by atoms with Crippen LogP contribution in [0.2, 0.25) is 0 Å². The molecule has 1 unspecified atom stereocenters. The highest BCUT2D eigenvalue weighted by atomic mass is 16.9. The summed E-state index contributed by atoms with van der Waals surface area (Å²) in [6.45, 7) is 1.64. The van der Waals surface area contributed by atoms with E-state index < -0.39 is 12.1 Å². The van der Waals surface area contributed by atoms with Crippen LogP contribution in [0, 0.1) is 0 Å². The van der Waals surface area contributed by atoms with Crippen LogP contribution in [0.25, 0.3) is 0 Å². The van der Waals surface area contributed by atoms with Gasteiger partial charge >= 0.3 is 0 Å². The first-order valence-corrected chi connectivity index (χ1v) is 7.19. The molecule has 0 aromatic rings. The monoisotopic (exact) mass is 268 g/mol. The fourth-order valence-corrected chi connectivity index (χ4v) is 5.01.